The maximum atomic E-state index is 9.53. The number of aryl methyl sites for hydroxylation is 2. The van der Waals surface area contributed by atoms with Crippen LogP contribution in [0.25, 0.3) is 0 Å². The minimum absolute atomic E-state index is 0.00843. The standard InChI is InChI=1S/C10H14O2/c1-6-4-7(2)10(12)8(3)9(6)5-11/h4,11-12H,5H2,1-3H3. The average Bonchev–Trinajstić information content (AvgIpc) is 2.01. The van der Waals surface area contributed by atoms with Crippen molar-refractivity contribution in [2.24, 2.45) is 0 Å². The Morgan fingerprint density at radius 3 is 2.25 bits per heavy atom. The van der Waals surface area contributed by atoms with Crippen LogP contribution < -0.4 is 0 Å². The van der Waals surface area contributed by atoms with E-state index in [9.17, 15) is 5.11 Å². The Labute approximate surface area is 72.5 Å². The van der Waals surface area contributed by atoms with Crippen LogP contribution in [0.4, 0.5) is 0 Å². The molecule has 1 aromatic carbocycles. The molecule has 0 aliphatic rings. The summed E-state index contributed by atoms with van der Waals surface area (Å²) in [6.07, 6.45) is 0. The third-order valence-corrected chi connectivity index (χ3v) is 2.25. The van der Waals surface area contributed by atoms with Crippen LogP contribution in [0.1, 0.15) is 22.3 Å². The maximum Gasteiger partial charge on any atom is 0.121 e. The van der Waals surface area contributed by atoms with E-state index in [4.69, 9.17) is 5.11 Å². The van der Waals surface area contributed by atoms with E-state index in [0.717, 1.165) is 22.3 Å². The van der Waals surface area contributed by atoms with Crippen LogP contribution in [0, 0.1) is 20.8 Å². The van der Waals surface area contributed by atoms with Gasteiger partial charge in [-0.2, -0.15) is 0 Å². The van der Waals surface area contributed by atoms with Gasteiger partial charge in [0.2, 0.25) is 0 Å². The van der Waals surface area contributed by atoms with Crippen molar-refractivity contribution >= 4 is 0 Å². The second-order valence-electron chi connectivity index (χ2n) is 3.12. The topological polar surface area (TPSA) is 40.5 Å². The number of benzene rings is 1. The predicted octanol–water partition coefficient (Wildman–Crippen LogP) is 1.81. The van der Waals surface area contributed by atoms with Crippen LogP contribution in [0.2, 0.25) is 0 Å². The molecule has 0 unspecified atom stereocenters. The molecule has 66 valence electrons. The van der Waals surface area contributed by atoms with Crippen LogP contribution in [0.5, 0.6) is 5.75 Å². The number of rotatable bonds is 1. The van der Waals surface area contributed by atoms with Crippen molar-refractivity contribution < 1.29 is 10.2 Å². The first-order chi connectivity index (χ1) is 5.57. The number of hydrogen-bond donors (Lipinski definition) is 2. The number of phenolic OH excluding ortho intramolecular Hbond substituents is 1. The SMILES string of the molecule is Cc1cc(C)c(CO)c(C)c1O. The van der Waals surface area contributed by atoms with Crippen molar-refractivity contribution in [1.29, 1.82) is 0 Å². The molecule has 0 amide bonds. The molecule has 0 atom stereocenters. The molecule has 1 aromatic rings. The molecule has 0 bridgehead atoms. The highest BCUT2D eigenvalue weighted by molar-refractivity contribution is 5.47. The van der Waals surface area contributed by atoms with Gasteiger partial charge in [-0.25, -0.2) is 0 Å². The Kier molecular flexibility index (Phi) is 2.38. The zero-order valence-corrected chi connectivity index (χ0v) is 7.68. The smallest absolute Gasteiger partial charge is 0.121 e. The lowest BCUT2D eigenvalue weighted by Crippen LogP contribution is -1.95. The molecular weight excluding hydrogens is 152 g/mol. The summed E-state index contributed by atoms with van der Waals surface area (Å²) in [4.78, 5) is 0. The van der Waals surface area contributed by atoms with Crippen LogP contribution in [0.15, 0.2) is 6.07 Å². The summed E-state index contributed by atoms with van der Waals surface area (Å²) < 4.78 is 0. The van der Waals surface area contributed by atoms with E-state index in [0.29, 0.717) is 5.75 Å². The third-order valence-electron chi connectivity index (χ3n) is 2.25. The van der Waals surface area contributed by atoms with E-state index >= 15 is 0 Å². The van der Waals surface area contributed by atoms with Crippen molar-refractivity contribution in [3.63, 3.8) is 0 Å². The van der Waals surface area contributed by atoms with Crippen molar-refractivity contribution in [1.82, 2.24) is 0 Å². The Bertz CT molecular complexity index is 303. The summed E-state index contributed by atoms with van der Waals surface area (Å²) >= 11 is 0. The molecule has 0 saturated heterocycles. The van der Waals surface area contributed by atoms with Crippen LogP contribution >= 0.6 is 0 Å². The Balaban J connectivity index is 3.40. The largest absolute Gasteiger partial charge is 0.507 e. The summed E-state index contributed by atoms with van der Waals surface area (Å²) in [5, 5.41) is 18.5. The molecule has 2 nitrogen and oxygen atoms in total. The molecule has 0 heterocycles. The molecule has 1 rings (SSSR count). The molecule has 0 aliphatic heterocycles. The van der Waals surface area contributed by atoms with Crippen molar-refractivity contribution in [3.8, 4) is 5.75 Å². The van der Waals surface area contributed by atoms with Gasteiger partial charge in [0.25, 0.3) is 0 Å². The normalized spacial score (nSPS) is 10.3. The second-order valence-corrected chi connectivity index (χ2v) is 3.12. The van der Waals surface area contributed by atoms with E-state index in [-0.39, 0.29) is 6.61 Å². The van der Waals surface area contributed by atoms with Gasteiger partial charge in [-0.3, -0.25) is 0 Å². The molecule has 0 saturated carbocycles. The summed E-state index contributed by atoms with van der Waals surface area (Å²) in [6.45, 7) is 5.61. The van der Waals surface area contributed by atoms with Gasteiger partial charge in [-0.05, 0) is 43.0 Å². The number of phenols is 1. The summed E-state index contributed by atoms with van der Waals surface area (Å²) in [5.41, 5.74) is 3.51. The molecule has 2 heteroatoms. The van der Waals surface area contributed by atoms with Crippen molar-refractivity contribution in [2.75, 3.05) is 0 Å². The quantitative estimate of drug-likeness (QED) is 0.668. The van der Waals surface area contributed by atoms with Gasteiger partial charge in [0, 0.05) is 0 Å². The van der Waals surface area contributed by atoms with Gasteiger partial charge in [0.15, 0.2) is 0 Å². The van der Waals surface area contributed by atoms with Gasteiger partial charge in [0.05, 0.1) is 6.61 Å². The minimum atomic E-state index is -0.00843. The first kappa shape index (κ1) is 9.07. The van der Waals surface area contributed by atoms with Crippen molar-refractivity contribution in [3.05, 3.63) is 28.3 Å². The molecular formula is C10H14O2. The lowest BCUT2D eigenvalue weighted by molar-refractivity contribution is 0.279. The fourth-order valence-electron chi connectivity index (χ4n) is 1.46. The lowest BCUT2D eigenvalue weighted by atomic mass is 9.99. The maximum absolute atomic E-state index is 9.53. The molecule has 0 aromatic heterocycles. The Hall–Kier alpha value is -1.02. The van der Waals surface area contributed by atoms with E-state index in [1.54, 1.807) is 0 Å². The van der Waals surface area contributed by atoms with Gasteiger partial charge < -0.3 is 10.2 Å². The number of aliphatic hydroxyl groups excluding tert-OH is 1. The van der Waals surface area contributed by atoms with Crippen LogP contribution in [-0.2, 0) is 6.61 Å². The summed E-state index contributed by atoms with van der Waals surface area (Å²) in [7, 11) is 0. The van der Waals surface area contributed by atoms with Gasteiger partial charge in [-0.1, -0.05) is 6.07 Å². The van der Waals surface area contributed by atoms with Gasteiger partial charge >= 0.3 is 0 Å². The lowest BCUT2D eigenvalue weighted by Gasteiger charge is -2.10. The van der Waals surface area contributed by atoms with Crippen LogP contribution in [0.3, 0.4) is 0 Å². The highest BCUT2D eigenvalue weighted by Gasteiger charge is 2.08. The number of aliphatic hydroxyl groups is 1. The van der Waals surface area contributed by atoms with E-state index in [2.05, 4.69) is 0 Å². The zero-order chi connectivity index (χ0) is 9.30. The van der Waals surface area contributed by atoms with E-state index < -0.39 is 0 Å². The van der Waals surface area contributed by atoms with E-state index in [1.807, 2.05) is 26.8 Å². The molecule has 0 radical (unpaired) electrons. The third kappa shape index (κ3) is 1.30. The predicted molar refractivity (Wildman–Crippen MR) is 48.2 cm³/mol. The highest BCUT2D eigenvalue weighted by atomic mass is 16.3. The number of aromatic hydroxyl groups is 1. The molecule has 2 N–H and O–H groups in total. The number of hydrogen-bond acceptors (Lipinski definition) is 2. The average molecular weight is 166 g/mol. The van der Waals surface area contributed by atoms with Crippen molar-refractivity contribution in [2.45, 2.75) is 27.4 Å². The zero-order valence-electron chi connectivity index (χ0n) is 7.68. The van der Waals surface area contributed by atoms with E-state index in [1.165, 1.54) is 0 Å². The monoisotopic (exact) mass is 166 g/mol. The first-order valence-corrected chi connectivity index (χ1v) is 3.97. The van der Waals surface area contributed by atoms with Gasteiger partial charge in [0.1, 0.15) is 5.75 Å². The second kappa shape index (κ2) is 3.15. The fraction of sp³-hybridized carbons (Fsp3) is 0.400. The Morgan fingerprint density at radius 1 is 1.17 bits per heavy atom. The Morgan fingerprint density at radius 2 is 1.75 bits per heavy atom. The molecule has 0 fully saturated rings. The first-order valence-electron chi connectivity index (χ1n) is 3.97. The van der Waals surface area contributed by atoms with Gasteiger partial charge in [-0.15, -0.1) is 0 Å². The minimum Gasteiger partial charge on any atom is -0.507 e. The fourth-order valence-corrected chi connectivity index (χ4v) is 1.46. The summed E-state index contributed by atoms with van der Waals surface area (Å²) in [6, 6.07) is 1.88. The molecule has 12 heavy (non-hydrogen) atoms. The highest BCUT2D eigenvalue weighted by Crippen LogP contribution is 2.27. The molecule has 0 spiro atoms. The van der Waals surface area contributed by atoms with Crippen LogP contribution in [-0.4, -0.2) is 10.2 Å². The molecule has 0 aliphatic carbocycles. The summed E-state index contributed by atoms with van der Waals surface area (Å²) in [5.74, 6) is 0.296.